The van der Waals surface area contributed by atoms with Gasteiger partial charge in [-0.05, 0) is 12.1 Å². The topological polar surface area (TPSA) is 59.4 Å². The van der Waals surface area contributed by atoms with E-state index in [1.807, 2.05) is 41.8 Å². The molecule has 0 unspecified atom stereocenters. The first-order valence-corrected chi connectivity index (χ1v) is 7.51. The number of aromatic nitrogens is 5. The highest BCUT2D eigenvalue weighted by Crippen LogP contribution is 2.26. The van der Waals surface area contributed by atoms with E-state index in [1.165, 1.54) is 0 Å². The molecule has 0 saturated heterocycles. The second-order valence-corrected chi connectivity index (χ2v) is 5.91. The number of nitrogens with zero attached hydrogens (tertiary/aromatic N) is 4. The average molecular weight is 295 g/mol. The molecule has 4 aromatic rings. The molecule has 0 aliphatic carbocycles. The molecule has 5 nitrogen and oxygen atoms in total. The van der Waals surface area contributed by atoms with Crippen LogP contribution >= 0.6 is 11.3 Å². The number of hydrogen-bond acceptors (Lipinski definition) is 4. The molecule has 0 fully saturated rings. The van der Waals surface area contributed by atoms with Crippen LogP contribution in [0.1, 0.15) is 10.7 Å². The number of benzene rings is 1. The van der Waals surface area contributed by atoms with E-state index in [0.717, 1.165) is 39.3 Å². The number of fused-ring (bicyclic) bond motifs is 1. The summed E-state index contributed by atoms with van der Waals surface area (Å²) in [4.78, 5) is 8.52. The van der Waals surface area contributed by atoms with Crippen molar-refractivity contribution in [2.24, 2.45) is 7.05 Å². The summed E-state index contributed by atoms with van der Waals surface area (Å²) < 4.78 is 2.02. The Morgan fingerprint density at radius 2 is 2.29 bits per heavy atom. The molecule has 0 aliphatic heterocycles. The molecule has 0 atom stereocenters. The summed E-state index contributed by atoms with van der Waals surface area (Å²) in [6, 6.07) is 6.28. The number of imidazole rings is 1. The number of rotatable bonds is 3. The Balaban J connectivity index is 1.81. The van der Waals surface area contributed by atoms with Crippen molar-refractivity contribution in [2.45, 2.75) is 6.42 Å². The Labute approximate surface area is 125 Å². The van der Waals surface area contributed by atoms with Crippen LogP contribution in [-0.2, 0) is 13.5 Å². The van der Waals surface area contributed by atoms with E-state index >= 15 is 0 Å². The molecule has 0 saturated carbocycles. The molecule has 3 aromatic heterocycles. The minimum Gasteiger partial charge on any atom is -0.334 e. The maximum Gasteiger partial charge on any atom is 0.0984 e. The maximum absolute atomic E-state index is 4.37. The predicted molar refractivity (Wildman–Crippen MR) is 83.2 cm³/mol. The lowest BCUT2D eigenvalue weighted by molar-refractivity contribution is 0.921. The molecular weight excluding hydrogens is 282 g/mol. The van der Waals surface area contributed by atoms with Crippen molar-refractivity contribution >= 4 is 22.2 Å². The van der Waals surface area contributed by atoms with Crippen molar-refractivity contribution in [3.8, 4) is 11.3 Å². The largest absolute Gasteiger partial charge is 0.334 e. The van der Waals surface area contributed by atoms with Crippen LogP contribution in [-0.4, -0.2) is 24.7 Å². The van der Waals surface area contributed by atoms with Gasteiger partial charge < -0.3 is 4.57 Å². The zero-order chi connectivity index (χ0) is 14.2. The summed E-state index contributed by atoms with van der Waals surface area (Å²) in [6.45, 7) is 0. The Bertz CT molecular complexity index is 888. The van der Waals surface area contributed by atoms with Crippen LogP contribution in [0.4, 0.5) is 0 Å². The van der Waals surface area contributed by atoms with Gasteiger partial charge in [0.25, 0.3) is 0 Å². The summed E-state index contributed by atoms with van der Waals surface area (Å²) in [5, 5.41) is 11.7. The molecule has 0 amide bonds. The van der Waals surface area contributed by atoms with Gasteiger partial charge in [0.15, 0.2) is 0 Å². The minimum absolute atomic E-state index is 0.781. The van der Waals surface area contributed by atoms with Gasteiger partial charge in [-0.3, -0.25) is 5.10 Å². The Morgan fingerprint density at radius 1 is 1.33 bits per heavy atom. The third kappa shape index (κ3) is 2.13. The van der Waals surface area contributed by atoms with E-state index in [4.69, 9.17) is 0 Å². The van der Waals surface area contributed by atoms with Gasteiger partial charge in [-0.15, -0.1) is 11.3 Å². The number of aromatic amines is 1. The molecule has 0 radical (unpaired) electrons. The highest BCUT2D eigenvalue weighted by atomic mass is 32.1. The van der Waals surface area contributed by atoms with Crippen molar-refractivity contribution in [1.82, 2.24) is 24.7 Å². The first-order chi connectivity index (χ1) is 10.3. The third-order valence-electron chi connectivity index (χ3n) is 3.56. The lowest BCUT2D eigenvalue weighted by atomic mass is 10.1. The third-order valence-corrected chi connectivity index (χ3v) is 4.34. The van der Waals surface area contributed by atoms with E-state index < -0.39 is 0 Å². The lowest BCUT2D eigenvalue weighted by Crippen LogP contribution is -1.90. The highest BCUT2D eigenvalue weighted by Gasteiger charge is 2.10. The number of H-pyrrole nitrogens is 1. The fourth-order valence-corrected chi connectivity index (χ4v) is 3.11. The number of thiazole rings is 1. The zero-order valence-corrected chi connectivity index (χ0v) is 12.3. The molecule has 0 spiro atoms. The van der Waals surface area contributed by atoms with Crippen molar-refractivity contribution in [3.63, 3.8) is 0 Å². The van der Waals surface area contributed by atoms with Crippen molar-refractivity contribution < 1.29 is 0 Å². The smallest absolute Gasteiger partial charge is 0.0984 e. The van der Waals surface area contributed by atoms with Crippen molar-refractivity contribution in [1.29, 1.82) is 0 Å². The minimum atomic E-state index is 0.781. The Hall–Kier alpha value is -2.47. The van der Waals surface area contributed by atoms with Gasteiger partial charge in [0.2, 0.25) is 0 Å². The van der Waals surface area contributed by atoms with Crippen LogP contribution in [0.25, 0.3) is 22.2 Å². The number of aryl methyl sites for hydroxylation is 1. The normalized spacial score (nSPS) is 11.3. The van der Waals surface area contributed by atoms with Crippen LogP contribution in [0, 0.1) is 0 Å². The second-order valence-electron chi connectivity index (χ2n) is 4.93. The van der Waals surface area contributed by atoms with Crippen LogP contribution in [0.5, 0.6) is 0 Å². The van der Waals surface area contributed by atoms with Crippen LogP contribution in [0.3, 0.4) is 0 Å². The number of nitrogens with one attached hydrogen (secondary N) is 1. The van der Waals surface area contributed by atoms with E-state index in [0.29, 0.717) is 0 Å². The number of hydrogen-bond donors (Lipinski definition) is 1. The highest BCUT2D eigenvalue weighted by molar-refractivity contribution is 7.09. The summed E-state index contributed by atoms with van der Waals surface area (Å²) in [5.74, 6) is 0. The van der Waals surface area contributed by atoms with E-state index in [1.54, 1.807) is 11.3 Å². The molecule has 0 aliphatic rings. The van der Waals surface area contributed by atoms with Gasteiger partial charge in [0.1, 0.15) is 0 Å². The Morgan fingerprint density at radius 3 is 3.05 bits per heavy atom. The van der Waals surface area contributed by atoms with E-state index in [-0.39, 0.29) is 0 Å². The molecule has 1 N–H and O–H groups in total. The molecule has 1 aromatic carbocycles. The van der Waals surface area contributed by atoms with Crippen LogP contribution in [0.2, 0.25) is 0 Å². The van der Waals surface area contributed by atoms with Gasteiger partial charge in [-0.2, -0.15) is 5.10 Å². The molecule has 6 heteroatoms. The van der Waals surface area contributed by atoms with Crippen LogP contribution < -0.4 is 0 Å². The standard InChI is InChI=1S/C15H13N5S/c1-20-9-16-8-14(20)10-2-3-12-11(6-10)13(19-18-12)7-15-17-4-5-21-15/h2-6,8-9H,7H2,1H3,(H,18,19). The first-order valence-electron chi connectivity index (χ1n) is 6.63. The molecule has 0 bridgehead atoms. The van der Waals surface area contributed by atoms with E-state index in [2.05, 4.69) is 32.3 Å². The SMILES string of the molecule is Cn1cncc1-c1ccc2n[nH]c(Cc3nccs3)c2c1. The Kier molecular flexibility index (Phi) is 2.82. The molecule has 3 heterocycles. The maximum atomic E-state index is 4.37. The average Bonchev–Trinajstić information content (AvgIpc) is 3.21. The van der Waals surface area contributed by atoms with Crippen molar-refractivity contribution in [3.05, 3.63) is 53.0 Å². The summed E-state index contributed by atoms with van der Waals surface area (Å²) in [6.07, 6.45) is 6.30. The fraction of sp³-hybridized carbons (Fsp3) is 0.133. The predicted octanol–water partition coefficient (Wildman–Crippen LogP) is 3.01. The summed E-state index contributed by atoms with van der Waals surface area (Å²) >= 11 is 1.66. The van der Waals surface area contributed by atoms with Gasteiger partial charge >= 0.3 is 0 Å². The van der Waals surface area contributed by atoms with Crippen LogP contribution in [0.15, 0.2) is 42.3 Å². The summed E-state index contributed by atoms with van der Waals surface area (Å²) in [7, 11) is 2.00. The second kappa shape index (κ2) is 4.82. The monoisotopic (exact) mass is 295 g/mol. The molecule has 21 heavy (non-hydrogen) atoms. The zero-order valence-electron chi connectivity index (χ0n) is 11.4. The van der Waals surface area contributed by atoms with Crippen molar-refractivity contribution in [2.75, 3.05) is 0 Å². The van der Waals surface area contributed by atoms with Gasteiger partial charge in [0, 0.05) is 41.7 Å². The van der Waals surface area contributed by atoms with Gasteiger partial charge in [-0.1, -0.05) is 6.07 Å². The first kappa shape index (κ1) is 12.3. The molecular formula is C15H13N5S. The lowest BCUT2D eigenvalue weighted by Gasteiger charge is -2.03. The molecule has 104 valence electrons. The quantitative estimate of drug-likeness (QED) is 0.632. The summed E-state index contributed by atoms with van der Waals surface area (Å²) in [5.41, 5.74) is 4.32. The van der Waals surface area contributed by atoms with Gasteiger partial charge in [0.05, 0.1) is 28.7 Å². The molecule has 4 rings (SSSR count). The fourth-order valence-electron chi connectivity index (χ4n) is 2.48. The van der Waals surface area contributed by atoms with Gasteiger partial charge in [-0.25, -0.2) is 9.97 Å². The van der Waals surface area contributed by atoms with E-state index in [9.17, 15) is 0 Å².